The third-order valence-corrected chi connectivity index (χ3v) is 5.08. The SMILES string of the molecule is Cl.N[C@@H]1CCC[C@H]1CC(=O)NC1(c2ccccc2)CCC1. The Morgan fingerprint density at radius 3 is 2.43 bits per heavy atom. The van der Waals surface area contributed by atoms with Crippen LogP contribution in [-0.2, 0) is 10.3 Å². The maximum atomic E-state index is 12.4. The molecule has 2 saturated carbocycles. The molecule has 2 aliphatic rings. The van der Waals surface area contributed by atoms with Crippen molar-refractivity contribution >= 4 is 18.3 Å². The van der Waals surface area contributed by atoms with Gasteiger partial charge >= 0.3 is 0 Å². The summed E-state index contributed by atoms with van der Waals surface area (Å²) in [6, 6.07) is 10.6. The molecule has 1 aromatic carbocycles. The van der Waals surface area contributed by atoms with Crippen LogP contribution >= 0.6 is 12.4 Å². The van der Waals surface area contributed by atoms with Gasteiger partial charge in [0.1, 0.15) is 0 Å². The van der Waals surface area contributed by atoms with Gasteiger partial charge in [-0.1, -0.05) is 36.8 Å². The molecule has 116 valence electrons. The van der Waals surface area contributed by atoms with Crippen LogP contribution in [-0.4, -0.2) is 11.9 Å². The fourth-order valence-electron chi connectivity index (χ4n) is 3.65. The van der Waals surface area contributed by atoms with Gasteiger partial charge in [-0.2, -0.15) is 0 Å². The lowest BCUT2D eigenvalue weighted by Gasteiger charge is -2.43. The second-order valence-electron chi connectivity index (χ2n) is 6.41. The van der Waals surface area contributed by atoms with Crippen LogP contribution in [0.2, 0.25) is 0 Å². The summed E-state index contributed by atoms with van der Waals surface area (Å²) in [6.07, 6.45) is 7.24. The molecule has 0 saturated heterocycles. The predicted molar refractivity (Wildman–Crippen MR) is 87.3 cm³/mol. The average Bonchev–Trinajstić information content (AvgIpc) is 2.80. The topological polar surface area (TPSA) is 55.1 Å². The van der Waals surface area contributed by atoms with Crippen molar-refractivity contribution in [3.63, 3.8) is 0 Å². The van der Waals surface area contributed by atoms with E-state index in [1.54, 1.807) is 0 Å². The summed E-state index contributed by atoms with van der Waals surface area (Å²) >= 11 is 0. The number of benzene rings is 1. The lowest BCUT2D eigenvalue weighted by atomic mass is 9.71. The lowest BCUT2D eigenvalue weighted by Crippen LogP contribution is -2.51. The molecule has 0 aliphatic heterocycles. The average molecular weight is 309 g/mol. The molecule has 4 heteroatoms. The molecule has 0 aromatic heterocycles. The molecule has 0 bridgehead atoms. The Morgan fingerprint density at radius 1 is 1.19 bits per heavy atom. The highest BCUT2D eigenvalue weighted by Gasteiger charge is 2.40. The van der Waals surface area contributed by atoms with Crippen LogP contribution in [0.5, 0.6) is 0 Å². The van der Waals surface area contributed by atoms with Crippen LogP contribution in [0.15, 0.2) is 30.3 Å². The number of rotatable bonds is 4. The van der Waals surface area contributed by atoms with E-state index < -0.39 is 0 Å². The Bertz CT molecular complexity index is 473. The quantitative estimate of drug-likeness (QED) is 0.898. The number of carbonyl (C=O) groups excluding carboxylic acids is 1. The number of nitrogens with two attached hydrogens (primary N) is 1. The number of amides is 1. The maximum Gasteiger partial charge on any atom is 0.221 e. The Kier molecular flexibility index (Phi) is 5.28. The van der Waals surface area contributed by atoms with Crippen LogP contribution in [0.4, 0.5) is 0 Å². The van der Waals surface area contributed by atoms with Gasteiger partial charge < -0.3 is 11.1 Å². The van der Waals surface area contributed by atoms with E-state index in [1.807, 2.05) is 6.07 Å². The summed E-state index contributed by atoms with van der Waals surface area (Å²) < 4.78 is 0. The molecule has 1 amide bonds. The van der Waals surface area contributed by atoms with Gasteiger partial charge in [0.2, 0.25) is 5.91 Å². The van der Waals surface area contributed by atoms with E-state index >= 15 is 0 Å². The first-order valence-corrected chi connectivity index (χ1v) is 7.82. The molecular formula is C17H25ClN2O. The van der Waals surface area contributed by atoms with Gasteiger partial charge in [0.15, 0.2) is 0 Å². The molecular weight excluding hydrogens is 284 g/mol. The van der Waals surface area contributed by atoms with Gasteiger partial charge in [-0.15, -0.1) is 12.4 Å². The van der Waals surface area contributed by atoms with E-state index in [4.69, 9.17) is 5.73 Å². The highest BCUT2D eigenvalue weighted by atomic mass is 35.5. The third kappa shape index (κ3) is 3.41. The molecule has 3 nitrogen and oxygen atoms in total. The molecule has 2 aliphatic carbocycles. The molecule has 2 fully saturated rings. The van der Waals surface area contributed by atoms with Gasteiger partial charge in [-0.3, -0.25) is 4.79 Å². The smallest absolute Gasteiger partial charge is 0.221 e. The van der Waals surface area contributed by atoms with Crippen LogP contribution in [0.1, 0.15) is 50.5 Å². The molecule has 3 N–H and O–H groups in total. The number of hydrogen-bond acceptors (Lipinski definition) is 2. The maximum absolute atomic E-state index is 12.4. The summed E-state index contributed by atoms with van der Waals surface area (Å²) in [4.78, 5) is 12.4. The van der Waals surface area contributed by atoms with E-state index in [2.05, 4.69) is 29.6 Å². The van der Waals surface area contributed by atoms with E-state index in [1.165, 1.54) is 18.4 Å². The minimum absolute atomic E-state index is 0. The van der Waals surface area contributed by atoms with E-state index in [9.17, 15) is 4.79 Å². The second-order valence-corrected chi connectivity index (χ2v) is 6.41. The minimum atomic E-state index is -0.110. The summed E-state index contributed by atoms with van der Waals surface area (Å²) in [5, 5.41) is 3.30. The molecule has 0 radical (unpaired) electrons. The first-order chi connectivity index (χ1) is 9.70. The van der Waals surface area contributed by atoms with E-state index in [0.717, 1.165) is 25.7 Å². The number of nitrogens with one attached hydrogen (secondary N) is 1. The van der Waals surface area contributed by atoms with Crippen molar-refractivity contribution in [3.8, 4) is 0 Å². The van der Waals surface area contributed by atoms with Gasteiger partial charge in [0.25, 0.3) is 0 Å². The monoisotopic (exact) mass is 308 g/mol. The molecule has 2 atom stereocenters. The van der Waals surface area contributed by atoms with Gasteiger partial charge in [0, 0.05) is 12.5 Å². The van der Waals surface area contributed by atoms with Crippen molar-refractivity contribution in [3.05, 3.63) is 35.9 Å². The summed E-state index contributed by atoms with van der Waals surface area (Å²) in [6.45, 7) is 0. The van der Waals surface area contributed by atoms with Gasteiger partial charge in [-0.25, -0.2) is 0 Å². The van der Waals surface area contributed by atoms with Crippen molar-refractivity contribution < 1.29 is 4.79 Å². The largest absolute Gasteiger partial charge is 0.347 e. The van der Waals surface area contributed by atoms with Crippen LogP contribution in [0.3, 0.4) is 0 Å². The third-order valence-electron chi connectivity index (χ3n) is 5.08. The van der Waals surface area contributed by atoms with Crippen molar-refractivity contribution in [2.24, 2.45) is 11.7 Å². The number of halogens is 1. The van der Waals surface area contributed by atoms with Crippen molar-refractivity contribution in [2.75, 3.05) is 0 Å². The fourth-order valence-corrected chi connectivity index (χ4v) is 3.65. The van der Waals surface area contributed by atoms with E-state index in [0.29, 0.717) is 12.3 Å². The highest BCUT2D eigenvalue weighted by Crippen LogP contribution is 2.41. The fraction of sp³-hybridized carbons (Fsp3) is 0.588. The molecule has 1 aromatic rings. The first-order valence-electron chi connectivity index (χ1n) is 7.82. The molecule has 3 rings (SSSR count). The molecule has 0 spiro atoms. The number of carbonyl (C=O) groups is 1. The zero-order valence-electron chi connectivity index (χ0n) is 12.4. The van der Waals surface area contributed by atoms with Crippen molar-refractivity contribution in [1.29, 1.82) is 0 Å². The van der Waals surface area contributed by atoms with Crippen LogP contribution < -0.4 is 11.1 Å². The van der Waals surface area contributed by atoms with Crippen LogP contribution in [0.25, 0.3) is 0 Å². The zero-order chi connectivity index (χ0) is 14.0. The summed E-state index contributed by atoms with van der Waals surface area (Å²) in [7, 11) is 0. The lowest BCUT2D eigenvalue weighted by molar-refractivity contribution is -0.125. The normalized spacial score (nSPS) is 26.5. The Balaban J connectivity index is 0.00000161. The first kappa shape index (κ1) is 16.3. The van der Waals surface area contributed by atoms with E-state index in [-0.39, 0.29) is 29.9 Å². The Hall–Kier alpha value is -1.06. The van der Waals surface area contributed by atoms with Gasteiger partial charge in [0.05, 0.1) is 5.54 Å². The predicted octanol–water partition coefficient (Wildman–Crippen LogP) is 3.12. The zero-order valence-corrected chi connectivity index (χ0v) is 13.2. The second kappa shape index (κ2) is 6.80. The molecule has 21 heavy (non-hydrogen) atoms. The van der Waals surface area contributed by atoms with Crippen molar-refractivity contribution in [1.82, 2.24) is 5.32 Å². The Labute approximate surface area is 133 Å². The standard InChI is InChI=1S/C17H24N2O.ClH/c18-15-9-4-6-13(15)12-16(20)19-17(10-5-11-17)14-7-2-1-3-8-14;/h1-3,7-8,13,15H,4-6,9-12,18H2,(H,19,20);1H/t13-,15+;/m0./s1. The van der Waals surface area contributed by atoms with Gasteiger partial charge in [-0.05, 0) is 43.6 Å². The minimum Gasteiger partial charge on any atom is -0.347 e. The molecule has 0 heterocycles. The summed E-state index contributed by atoms with van der Waals surface area (Å²) in [5.41, 5.74) is 7.20. The summed E-state index contributed by atoms with van der Waals surface area (Å²) in [5.74, 6) is 0.554. The highest BCUT2D eigenvalue weighted by molar-refractivity contribution is 5.85. The van der Waals surface area contributed by atoms with Crippen LogP contribution in [0, 0.1) is 5.92 Å². The number of hydrogen-bond donors (Lipinski definition) is 2. The van der Waals surface area contributed by atoms with Crippen molar-refractivity contribution in [2.45, 2.75) is 56.5 Å². The Morgan fingerprint density at radius 2 is 1.90 bits per heavy atom. The molecule has 0 unspecified atom stereocenters.